The molecule has 2 unspecified atom stereocenters. The summed E-state index contributed by atoms with van der Waals surface area (Å²) in [4.78, 5) is 2.52. The van der Waals surface area contributed by atoms with Gasteiger partial charge in [-0.3, -0.25) is 4.90 Å². The summed E-state index contributed by atoms with van der Waals surface area (Å²) in [5, 5.41) is 11.6. The van der Waals surface area contributed by atoms with E-state index in [1.165, 1.54) is 32.1 Å². The molecule has 4 rings (SSSR count). The minimum Gasteiger partial charge on any atom is -0.382 e. The van der Waals surface area contributed by atoms with Crippen molar-refractivity contribution in [2.75, 3.05) is 13.7 Å². The smallest absolute Gasteiger partial charge is 0.116 e. The SMILES string of the molecule is CN1[C@H]2CCC(OCC(O)(c3ccccc3)C3CCCC3)[C@@H]1CC2. The molecule has 0 spiro atoms. The summed E-state index contributed by atoms with van der Waals surface area (Å²) >= 11 is 0. The number of benzene rings is 1. The third-order valence-corrected chi connectivity index (χ3v) is 6.93. The standard InChI is InChI=1S/C21H31NO2/c1-22-18-11-13-19(22)20(14-12-18)24-15-21(23,17-9-5-6-10-17)16-7-3-2-4-8-16/h2-4,7-8,17-20,23H,5-6,9-15H2,1H3/t18-,19+,20?,21?/m1/s1. The van der Waals surface area contributed by atoms with Gasteiger partial charge in [0.15, 0.2) is 0 Å². The highest BCUT2D eigenvalue weighted by molar-refractivity contribution is 5.24. The molecule has 2 aliphatic heterocycles. The van der Waals surface area contributed by atoms with E-state index in [0.29, 0.717) is 18.6 Å². The summed E-state index contributed by atoms with van der Waals surface area (Å²) in [5.74, 6) is 0.331. The molecule has 0 aromatic heterocycles. The van der Waals surface area contributed by atoms with Gasteiger partial charge in [0, 0.05) is 12.1 Å². The topological polar surface area (TPSA) is 32.7 Å². The van der Waals surface area contributed by atoms with Gasteiger partial charge in [0.1, 0.15) is 5.60 Å². The molecule has 1 aliphatic carbocycles. The molecular formula is C21H31NO2. The zero-order valence-electron chi connectivity index (χ0n) is 14.9. The van der Waals surface area contributed by atoms with Crippen LogP contribution in [-0.4, -0.2) is 41.8 Å². The lowest BCUT2D eigenvalue weighted by atomic mass is 9.80. The molecule has 1 aromatic rings. The van der Waals surface area contributed by atoms with E-state index in [2.05, 4.69) is 24.1 Å². The molecule has 3 aliphatic rings. The first-order chi connectivity index (χ1) is 11.7. The Morgan fingerprint density at radius 1 is 1.04 bits per heavy atom. The third-order valence-electron chi connectivity index (χ3n) is 6.93. The van der Waals surface area contributed by atoms with Crippen molar-refractivity contribution < 1.29 is 9.84 Å². The summed E-state index contributed by atoms with van der Waals surface area (Å²) in [6, 6.07) is 11.5. The molecule has 2 saturated heterocycles. The van der Waals surface area contributed by atoms with Crippen molar-refractivity contribution >= 4 is 0 Å². The number of ether oxygens (including phenoxy) is 1. The summed E-state index contributed by atoms with van der Waals surface area (Å²) in [7, 11) is 2.25. The van der Waals surface area contributed by atoms with E-state index in [0.717, 1.165) is 30.9 Å². The number of aliphatic hydroxyl groups is 1. The van der Waals surface area contributed by atoms with E-state index < -0.39 is 5.60 Å². The molecule has 1 N–H and O–H groups in total. The van der Waals surface area contributed by atoms with Crippen LogP contribution >= 0.6 is 0 Å². The Hall–Kier alpha value is -0.900. The van der Waals surface area contributed by atoms with Crippen molar-refractivity contribution in [3.05, 3.63) is 35.9 Å². The van der Waals surface area contributed by atoms with Gasteiger partial charge in [0.25, 0.3) is 0 Å². The first-order valence-corrected chi connectivity index (χ1v) is 9.80. The molecule has 1 saturated carbocycles. The fourth-order valence-corrected chi connectivity index (χ4v) is 5.38. The molecule has 4 atom stereocenters. The highest BCUT2D eigenvalue weighted by atomic mass is 16.5. The maximum atomic E-state index is 11.6. The fraction of sp³-hybridized carbons (Fsp3) is 0.714. The number of hydrogen-bond donors (Lipinski definition) is 1. The molecule has 3 fully saturated rings. The van der Waals surface area contributed by atoms with E-state index in [1.54, 1.807) is 0 Å². The van der Waals surface area contributed by atoms with Gasteiger partial charge in [-0.05, 0) is 57.1 Å². The number of likely N-dealkylation sites (N-methyl/N-ethyl adjacent to an activating group) is 1. The number of piperidine rings is 1. The largest absolute Gasteiger partial charge is 0.382 e. The number of fused-ring (bicyclic) bond motifs is 2. The Labute approximate surface area is 146 Å². The Morgan fingerprint density at radius 3 is 2.50 bits per heavy atom. The molecule has 24 heavy (non-hydrogen) atoms. The lowest BCUT2D eigenvalue weighted by molar-refractivity contribution is -0.129. The molecule has 132 valence electrons. The van der Waals surface area contributed by atoms with E-state index in [-0.39, 0.29) is 6.10 Å². The quantitative estimate of drug-likeness (QED) is 0.894. The molecular weight excluding hydrogens is 298 g/mol. The predicted molar refractivity (Wildman–Crippen MR) is 95.8 cm³/mol. The van der Waals surface area contributed by atoms with Crippen LogP contribution in [0.4, 0.5) is 0 Å². The monoisotopic (exact) mass is 329 g/mol. The Balaban J connectivity index is 1.50. The summed E-state index contributed by atoms with van der Waals surface area (Å²) in [6.07, 6.45) is 9.93. The van der Waals surface area contributed by atoms with Crippen molar-refractivity contribution in [3.63, 3.8) is 0 Å². The molecule has 1 aromatic carbocycles. The Bertz CT molecular complexity index is 542. The third kappa shape index (κ3) is 2.91. The minimum absolute atomic E-state index is 0.283. The second-order valence-electron chi connectivity index (χ2n) is 8.16. The summed E-state index contributed by atoms with van der Waals surface area (Å²) in [5.41, 5.74) is 0.205. The van der Waals surface area contributed by atoms with Gasteiger partial charge in [0.05, 0.1) is 12.7 Å². The van der Waals surface area contributed by atoms with Crippen molar-refractivity contribution in [1.82, 2.24) is 4.90 Å². The maximum Gasteiger partial charge on any atom is 0.116 e. The minimum atomic E-state index is -0.828. The molecule has 3 heteroatoms. The number of nitrogens with zero attached hydrogens (tertiary/aromatic N) is 1. The average Bonchev–Trinajstić information content (AvgIpc) is 3.22. The fourth-order valence-electron chi connectivity index (χ4n) is 5.38. The van der Waals surface area contributed by atoms with Crippen LogP contribution in [0.5, 0.6) is 0 Å². The average molecular weight is 329 g/mol. The van der Waals surface area contributed by atoms with Crippen LogP contribution in [0.15, 0.2) is 30.3 Å². The number of hydrogen-bond acceptors (Lipinski definition) is 3. The summed E-state index contributed by atoms with van der Waals surface area (Å²) < 4.78 is 6.42. The first-order valence-electron chi connectivity index (χ1n) is 9.80. The zero-order valence-corrected chi connectivity index (χ0v) is 14.9. The van der Waals surface area contributed by atoms with Gasteiger partial charge in [-0.1, -0.05) is 43.2 Å². The van der Waals surface area contributed by atoms with Crippen LogP contribution in [0.25, 0.3) is 0 Å². The maximum absolute atomic E-state index is 11.6. The second kappa shape index (κ2) is 6.78. The normalized spacial score (nSPS) is 33.7. The summed E-state index contributed by atoms with van der Waals surface area (Å²) in [6.45, 7) is 0.446. The van der Waals surface area contributed by atoms with E-state index in [1.807, 2.05) is 18.2 Å². The zero-order chi connectivity index (χ0) is 16.6. The van der Waals surface area contributed by atoms with Crippen molar-refractivity contribution in [2.45, 2.75) is 75.2 Å². The first kappa shape index (κ1) is 16.6. The van der Waals surface area contributed by atoms with Crippen molar-refractivity contribution in [1.29, 1.82) is 0 Å². The highest BCUT2D eigenvalue weighted by Gasteiger charge is 2.44. The molecule has 0 radical (unpaired) electrons. The van der Waals surface area contributed by atoms with Gasteiger partial charge >= 0.3 is 0 Å². The molecule has 2 bridgehead atoms. The molecule has 2 heterocycles. The van der Waals surface area contributed by atoms with Crippen LogP contribution < -0.4 is 0 Å². The Morgan fingerprint density at radius 2 is 1.75 bits per heavy atom. The van der Waals surface area contributed by atoms with Crippen LogP contribution in [-0.2, 0) is 10.3 Å². The van der Waals surface area contributed by atoms with Crippen LogP contribution in [0, 0.1) is 5.92 Å². The van der Waals surface area contributed by atoms with Crippen LogP contribution in [0.3, 0.4) is 0 Å². The van der Waals surface area contributed by atoms with Crippen LogP contribution in [0.2, 0.25) is 0 Å². The lowest BCUT2D eigenvalue weighted by Crippen LogP contribution is -2.48. The second-order valence-corrected chi connectivity index (χ2v) is 8.16. The van der Waals surface area contributed by atoms with E-state index in [9.17, 15) is 5.11 Å². The molecule has 0 amide bonds. The number of rotatable bonds is 5. The van der Waals surface area contributed by atoms with E-state index >= 15 is 0 Å². The Kier molecular flexibility index (Phi) is 4.68. The van der Waals surface area contributed by atoms with Crippen LogP contribution in [0.1, 0.15) is 56.9 Å². The predicted octanol–water partition coefficient (Wildman–Crippen LogP) is 3.71. The highest BCUT2D eigenvalue weighted by Crippen LogP contribution is 2.42. The van der Waals surface area contributed by atoms with Gasteiger partial charge < -0.3 is 9.84 Å². The lowest BCUT2D eigenvalue weighted by Gasteiger charge is -2.40. The van der Waals surface area contributed by atoms with E-state index in [4.69, 9.17) is 4.74 Å². The molecule has 3 nitrogen and oxygen atoms in total. The van der Waals surface area contributed by atoms with Gasteiger partial charge in [-0.15, -0.1) is 0 Å². The van der Waals surface area contributed by atoms with Crippen molar-refractivity contribution in [3.8, 4) is 0 Å². The van der Waals surface area contributed by atoms with Gasteiger partial charge in [0.2, 0.25) is 0 Å². The van der Waals surface area contributed by atoms with Crippen molar-refractivity contribution in [2.24, 2.45) is 5.92 Å². The van der Waals surface area contributed by atoms with Gasteiger partial charge in [-0.2, -0.15) is 0 Å². The van der Waals surface area contributed by atoms with Gasteiger partial charge in [-0.25, -0.2) is 0 Å².